The molecular formula is C12H12N4O3. The fourth-order valence-electron chi connectivity index (χ4n) is 1.84. The van der Waals surface area contributed by atoms with Gasteiger partial charge in [-0.05, 0) is 13.0 Å². The summed E-state index contributed by atoms with van der Waals surface area (Å²) >= 11 is 0. The van der Waals surface area contributed by atoms with E-state index in [1.54, 1.807) is 16.7 Å². The van der Waals surface area contributed by atoms with Crippen molar-refractivity contribution in [3.63, 3.8) is 0 Å². The van der Waals surface area contributed by atoms with Gasteiger partial charge in [0, 0.05) is 11.9 Å². The van der Waals surface area contributed by atoms with Crippen molar-refractivity contribution < 1.29 is 14.7 Å². The second-order valence-electron chi connectivity index (χ2n) is 3.80. The Kier molecular flexibility index (Phi) is 3.28. The lowest BCUT2D eigenvalue weighted by Gasteiger charge is -2.00. The maximum absolute atomic E-state index is 11.0. The molecule has 19 heavy (non-hydrogen) atoms. The van der Waals surface area contributed by atoms with Crippen LogP contribution in [0.5, 0.6) is 5.88 Å². The topological polar surface area (TPSA) is 110 Å². The SMILES string of the molecule is CCn1c(O)c(N=NC(=O)C(N)=O)c2ccccc21. The van der Waals surface area contributed by atoms with Gasteiger partial charge in [-0.2, -0.15) is 0 Å². The van der Waals surface area contributed by atoms with Crippen LogP contribution in [0.25, 0.3) is 10.9 Å². The lowest BCUT2D eigenvalue weighted by atomic mass is 10.2. The molecule has 0 bridgehead atoms. The van der Waals surface area contributed by atoms with Gasteiger partial charge in [0.2, 0.25) is 5.88 Å². The maximum Gasteiger partial charge on any atom is 0.353 e. The van der Waals surface area contributed by atoms with Crippen molar-refractivity contribution >= 4 is 28.4 Å². The second kappa shape index (κ2) is 4.89. The molecule has 0 saturated heterocycles. The zero-order valence-corrected chi connectivity index (χ0v) is 10.2. The van der Waals surface area contributed by atoms with E-state index in [-0.39, 0.29) is 11.6 Å². The smallest absolute Gasteiger partial charge is 0.353 e. The number of para-hydroxylation sites is 1. The summed E-state index contributed by atoms with van der Waals surface area (Å²) in [5, 5.41) is 17.5. The summed E-state index contributed by atoms with van der Waals surface area (Å²) in [5.41, 5.74) is 5.68. The van der Waals surface area contributed by atoms with Gasteiger partial charge < -0.3 is 15.4 Å². The van der Waals surface area contributed by atoms with Crippen LogP contribution in [0.1, 0.15) is 6.92 Å². The van der Waals surface area contributed by atoms with Crippen LogP contribution in [0.15, 0.2) is 34.5 Å². The highest BCUT2D eigenvalue weighted by molar-refractivity contribution is 6.34. The minimum absolute atomic E-state index is 0.107. The Morgan fingerprint density at radius 3 is 2.68 bits per heavy atom. The molecule has 2 rings (SSSR count). The lowest BCUT2D eigenvalue weighted by Crippen LogP contribution is -2.20. The molecule has 7 nitrogen and oxygen atoms in total. The van der Waals surface area contributed by atoms with Crippen molar-refractivity contribution in [1.29, 1.82) is 0 Å². The molecule has 7 heteroatoms. The number of hydrogen-bond acceptors (Lipinski definition) is 4. The van der Waals surface area contributed by atoms with E-state index in [1.165, 1.54) is 0 Å². The third-order valence-electron chi connectivity index (χ3n) is 2.69. The van der Waals surface area contributed by atoms with Crippen molar-refractivity contribution in [1.82, 2.24) is 4.57 Å². The number of azo groups is 1. The number of nitrogens with two attached hydrogens (primary N) is 1. The molecule has 0 atom stereocenters. The first-order valence-electron chi connectivity index (χ1n) is 5.62. The molecule has 0 spiro atoms. The monoisotopic (exact) mass is 260 g/mol. The lowest BCUT2D eigenvalue weighted by molar-refractivity contribution is -0.135. The average molecular weight is 260 g/mol. The molecule has 2 aromatic rings. The summed E-state index contributed by atoms with van der Waals surface area (Å²) in [4.78, 5) is 21.6. The van der Waals surface area contributed by atoms with E-state index >= 15 is 0 Å². The highest BCUT2D eigenvalue weighted by atomic mass is 16.3. The van der Waals surface area contributed by atoms with Crippen LogP contribution in [-0.2, 0) is 16.1 Å². The van der Waals surface area contributed by atoms with Crippen LogP contribution >= 0.6 is 0 Å². The zero-order valence-electron chi connectivity index (χ0n) is 10.2. The number of carbonyl (C=O) groups is 2. The highest BCUT2D eigenvalue weighted by Crippen LogP contribution is 2.38. The largest absolute Gasteiger partial charge is 0.493 e. The molecule has 0 aliphatic heterocycles. The normalized spacial score (nSPS) is 11.2. The van der Waals surface area contributed by atoms with Crippen LogP contribution in [0.3, 0.4) is 0 Å². The summed E-state index contributed by atoms with van der Waals surface area (Å²) in [5.74, 6) is -2.46. The number of hydrogen-bond donors (Lipinski definition) is 2. The number of carbonyl (C=O) groups excluding carboxylic acids is 2. The molecule has 0 unspecified atom stereocenters. The van der Waals surface area contributed by atoms with Gasteiger partial charge in [-0.3, -0.25) is 9.59 Å². The molecule has 0 aliphatic rings. The minimum Gasteiger partial charge on any atom is -0.493 e. The molecule has 0 fully saturated rings. The Balaban J connectivity index is 2.57. The molecule has 0 aliphatic carbocycles. The fraction of sp³-hybridized carbons (Fsp3) is 0.167. The van der Waals surface area contributed by atoms with E-state index in [0.717, 1.165) is 5.52 Å². The van der Waals surface area contributed by atoms with E-state index < -0.39 is 11.8 Å². The number of aromatic hydroxyl groups is 1. The van der Waals surface area contributed by atoms with Crippen molar-refractivity contribution in [3.05, 3.63) is 24.3 Å². The molecule has 1 aromatic heterocycles. The Bertz CT molecular complexity index is 688. The molecule has 0 radical (unpaired) electrons. The molecule has 2 amide bonds. The predicted octanol–water partition coefficient (Wildman–Crippen LogP) is 1.46. The quantitative estimate of drug-likeness (QED) is 0.629. The molecular weight excluding hydrogens is 248 g/mol. The van der Waals surface area contributed by atoms with Gasteiger partial charge in [0.25, 0.3) is 0 Å². The number of nitrogens with zero attached hydrogens (tertiary/aromatic N) is 3. The Labute approximate surface area is 108 Å². The van der Waals surface area contributed by atoms with Gasteiger partial charge in [-0.25, -0.2) is 0 Å². The highest BCUT2D eigenvalue weighted by Gasteiger charge is 2.16. The van der Waals surface area contributed by atoms with Crippen molar-refractivity contribution in [3.8, 4) is 5.88 Å². The number of primary amides is 1. The first-order valence-corrected chi connectivity index (χ1v) is 5.62. The van der Waals surface area contributed by atoms with E-state index in [9.17, 15) is 14.7 Å². The summed E-state index contributed by atoms with van der Waals surface area (Å²) in [6.45, 7) is 2.40. The average Bonchev–Trinajstić information content (AvgIpc) is 2.67. The van der Waals surface area contributed by atoms with Crippen molar-refractivity contribution in [2.24, 2.45) is 16.0 Å². The molecule has 3 N–H and O–H groups in total. The summed E-state index contributed by atoms with van der Waals surface area (Å²) in [6, 6.07) is 7.15. The maximum atomic E-state index is 11.0. The zero-order chi connectivity index (χ0) is 14.0. The van der Waals surface area contributed by atoms with Gasteiger partial charge in [0.1, 0.15) is 0 Å². The van der Waals surface area contributed by atoms with Crippen molar-refractivity contribution in [2.75, 3.05) is 0 Å². The van der Waals surface area contributed by atoms with E-state index in [1.807, 2.05) is 19.1 Å². The number of aromatic nitrogens is 1. The fourth-order valence-corrected chi connectivity index (χ4v) is 1.84. The van der Waals surface area contributed by atoms with Crippen LogP contribution in [0.2, 0.25) is 0 Å². The van der Waals surface area contributed by atoms with Crippen LogP contribution < -0.4 is 5.73 Å². The van der Waals surface area contributed by atoms with E-state index in [2.05, 4.69) is 10.2 Å². The second-order valence-corrected chi connectivity index (χ2v) is 3.80. The Morgan fingerprint density at radius 2 is 2.05 bits per heavy atom. The summed E-state index contributed by atoms with van der Waals surface area (Å²) < 4.78 is 1.62. The standard InChI is InChI=1S/C12H12N4O3/c1-2-16-8-6-4-3-5-7(8)9(12(16)19)14-15-11(18)10(13)17/h3-6,19H,2H2,1H3,(H2,13,17). The number of amides is 2. The number of benzene rings is 1. The van der Waals surface area contributed by atoms with Gasteiger partial charge in [-0.1, -0.05) is 18.2 Å². The van der Waals surface area contributed by atoms with Crippen molar-refractivity contribution in [2.45, 2.75) is 13.5 Å². The predicted molar refractivity (Wildman–Crippen MR) is 68.0 cm³/mol. The first-order chi connectivity index (χ1) is 9.06. The summed E-state index contributed by atoms with van der Waals surface area (Å²) in [7, 11) is 0. The van der Waals surface area contributed by atoms with Gasteiger partial charge in [0.05, 0.1) is 5.52 Å². The van der Waals surface area contributed by atoms with E-state index in [0.29, 0.717) is 11.9 Å². The molecule has 1 heterocycles. The van der Waals surface area contributed by atoms with E-state index in [4.69, 9.17) is 5.73 Å². The first kappa shape index (κ1) is 12.7. The molecule has 98 valence electrons. The van der Waals surface area contributed by atoms with Crippen LogP contribution in [-0.4, -0.2) is 21.5 Å². The molecule has 1 aromatic carbocycles. The van der Waals surface area contributed by atoms with Gasteiger partial charge >= 0.3 is 11.8 Å². The third-order valence-corrected chi connectivity index (χ3v) is 2.69. The third kappa shape index (κ3) is 2.17. The van der Waals surface area contributed by atoms with Crippen LogP contribution in [0, 0.1) is 0 Å². The number of fused-ring (bicyclic) bond motifs is 1. The molecule has 0 saturated carbocycles. The number of aryl methyl sites for hydroxylation is 1. The van der Waals surface area contributed by atoms with Gasteiger partial charge in [0.15, 0.2) is 5.69 Å². The Morgan fingerprint density at radius 1 is 1.37 bits per heavy atom. The van der Waals surface area contributed by atoms with Crippen LogP contribution in [0.4, 0.5) is 5.69 Å². The summed E-state index contributed by atoms with van der Waals surface area (Å²) in [6.07, 6.45) is 0. The number of rotatable bonds is 2. The minimum atomic E-state index is -1.19. The Hall–Kier alpha value is -2.70. The van der Waals surface area contributed by atoms with Gasteiger partial charge in [-0.15, -0.1) is 10.2 Å².